The topological polar surface area (TPSA) is 15.3 Å². The summed E-state index contributed by atoms with van der Waals surface area (Å²) in [4.78, 5) is 0. The van der Waals surface area contributed by atoms with Crippen LogP contribution >= 0.6 is 0 Å². The first-order valence-corrected chi connectivity index (χ1v) is 6.82. The molecule has 0 aromatic heterocycles. The molecule has 1 saturated heterocycles. The molecule has 0 radical (unpaired) electrons. The van der Waals surface area contributed by atoms with Gasteiger partial charge in [-0.25, -0.2) is 5.01 Å². The molecular weight excluding hydrogens is 184 g/mol. The van der Waals surface area contributed by atoms with Crippen molar-refractivity contribution in [2.45, 2.75) is 70.3 Å². The van der Waals surface area contributed by atoms with Crippen molar-refractivity contribution in [3.8, 4) is 0 Å². The fourth-order valence-corrected chi connectivity index (χ4v) is 3.09. The van der Waals surface area contributed by atoms with Crippen LogP contribution in [0, 0.1) is 0 Å². The molecule has 0 aromatic rings. The minimum atomic E-state index is 0.445. The molecule has 2 rings (SSSR count). The lowest BCUT2D eigenvalue weighted by molar-refractivity contribution is 0.0399. The van der Waals surface area contributed by atoms with Crippen LogP contribution in [-0.4, -0.2) is 23.6 Å². The molecule has 0 spiro atoms. The third-order valence-electron chi connectivity index (χ3n) is 4.19. The van der Waals surface area contributed by atoms with Gasteiger partial charge < -0.3 is 0 Å². The van der Waals surface area contributed by atoms with Crippen LogP contribution < -0.4 is 5.43 Å². The van der Waals surface area contributed by atoms with Gasteiger partial charge in [0, 0.05) is 18.6 Å². The summed E-state index contributed by atoms with van der Waals surface area (Å²) in [7, 11) is 0. The average molecular weight is 210 g/mol. The van der Waals surface area contributed by atoms with Gasteiger partial charge >= 0.3 is 0 Å². The Labute approximate surface area is 94.4 Å². The summed E-state index contributed by atoms with van der Waals surface area (Å²) < 4.78 is 0. The Morgan fingerprint density at radius 1 is 0.867 bits per heavy atom. The van der Waals surface area contributed by atoms with Crippen LogP contribution in [0.15, 0.2) is 0 Å². The molecule has 2 nitrogen and oxygen atoms in total. The Bertz CT molecular complexity index is 175. The largest absolute Gasteiger partial charge is 0.255 e. The monoisotopic (exact) mass is 210 g/mol. The van der Waals surface area contributed by atoms with Crippen LogP contribution in [0.5, 0.6) is 0 Å². The van der Waals surface area contributed by atoms with Gasteiger partial charge in [-0.3, -0.25) is 5.43 Å². The van der Waals surface area contributed by atoms with Gasteiger partial charge in [0.25, 0.3) is 0 Å². The molecule has 1 heterocycles. The summed E-state index contributed by atoms with van der Waals surface area (Å²) >= 11 is 0. The number of nitrogens with one attached hydrogen (secondary N) is 1. The maximum atomic E-state index is 3.65. The quantitative estimate of drug-likeness (QED) is 0.669. The lowest BCUT2D eigenvalue weighted by atomic mass is 9.91. The second-order valence-corrected chi connectivity index (χ2v) is 5.53. The van der Waals surface area contributed by atoms with Crippen molar-refractivity contribution in [1.82, 2.24) is 10.4 Å². The first kappa shape index (κ1) is 11.4. The van der Waals surface area contributed by atoms with Crippen LogP contribution in [0.3, 0.4) is 0 Å². The van der Waals surface area contributed by atoms with E-state index in [1.54, 1.807) is 0 Å². The van der Waals surface area contributed by atoms with Crippen molar-refractivity contribution in [2.75, 3.05) is 13.1 Å². The predicted molar refractivity (Wildman–Crippen MR) is 64.7 cm³/mol. The molecule has 2 aliphatic rings. The Morgan fingerprint density at radius 2 is 1.53 bits per heavy atom. The van der Waals surface area contributed by atoms with Crippen molar-refractivity contribution >= 4 is 0 Å². The van der Waals surface area contributed by atoms with E-state index in [-0.39, 0.29) is 0 Å². The van der Waals surface area contributed by atoms with Crippen LogP contribution in [0.25, 0.3) is 0 Å². The van der Waals surface area contributed by atoms with Crippen molar-refractivity contribution < 1.29 is 0 Å². The first-order chi connectivity index (χ1) is 7.31. The molecule has 15 heavy (non-hydrogen) atoms. The minimum Gasteiger partial charge on any atom is -0.255 e. The van der Waals surface area contributed by atoms with Crippen molar-refractivity contribution in [3.05, 3.63) is 0 Å². The molecule has 1 saturated carbocycles. The number of rotatable bonds is 1. The molecule has 0 unspecified atom stereocenters. The first-order valence-electron chi connectivity index (χ1n) is 6.82. The highest BCUT2D eigenvalue weighted by molar-refractivity contribution is 4.86. The zero-order chi connectivity index (χ0) is 10.6. The van der Waals surface area contributed by atoms with E-state index in [1.807, 2.05) is 0 Å². The lowest BCUT2D eigenvalue weighted by Gasteiger charge is -2.40. The lowest BCUT2D eigenvalue weighted by Crippen LogP contribution is -2.53. The molecule has 2 fully saturated rings. The molecule has 1 aliphatic heterocycles. The van der Waals surface area contributed by atoms with E-state index in [0.717, 1.165) is 0 Å². The van der Waals surface area contributed by atoms with E-state index >= 15 is 0 Å². The second-order valence-electron chi connectivity index (χ2n) is 5.53. The van der Waals surface area contributed by atoms with Crippen LogP contribution in [0.2, 0.25) is 0 Å². The van der Waals surface area contributed by atoms with Gasteiger partial charge in [0.15, 0.2) is 0 Å². The highest BCUT2D eigenvalue weighted by atomic mass is 15.5. The summed E-state index contributed by atoms with van der Waals surface area (Å²) in [6.45, 7) is 4.92. The normalized spacial score (nSPS) is 29.4. The average Bonchev–Trinajstić information content (AvgIpc) is 2.60. The molecule has 1 aliphatic carbocycles. The SMILES string of the molecule is CC1(N2CCCCCN2)CCCCCC1. The van der Waals surface area contributed by atoms with Crippen LogP contribution in [0.1, 0.15) is 64.7 Å². The van der Waals surface area contributed by atoms with E-state index in [4.69, 9.17) is 0 Å². The highest BCUT2D eigenvalue weighted by Gasteiger charge is 2.32. The summed E-state index contributed by atoms with van der Waals surface area (Å²) in [6, 6.07) is 0. The van der Waals surface area contributed by atoms with E-state index in [9.17, 15) is 0 Å². The summed E-state index contributed by atoms with van der Waals surface area (Å²) in [6.07, 6.45) is 12.7. The summed E-state index contributed by atoms with van der Waals surface area (Å²) in [5.41, 5.74) is 4.10. The Balaban J connectivity index is 1.97. The molecular formula is C13H26N2. The van der Waals surface area contributed by atoms with E-state index in [1.165, 1.54) is 70.9 Å². The van der Waals surface area contributed by atoms with Crippen LogP contribution in [0.4, 0.5) is 0 Å². The maximum absolute atomic E-state index is 3.65. The molecule has 88 valence electrons. The number of nitrogens with zero attached hydrogens (tertiary/aromatic N) is 1. The molecule has 0 bridgehead atoms. The van der Waals surface area contributed by atoms with E-state index < -0.39 is 0 Å². The maximum Gasteiger partial charge on any atom is 0.0326 e. The number of hydrogen-bond acceptors (Lipinski definition) is 2. The van der Waals surface area contributed by atoms with Gasteiger partial charge in [-0.2, -0.15) is 0 Å². The molecule has 1 N–H and O–H groups in total. The smallest absolute Gasteiger partial charge is 0.0326 e. The zero-order valence-electron chi connectivity index (χ0n) is 10.2. The standard InChI is InChI=1S/C13H26N2/c1-13(9-5-2-3-6-10-13)15-12-8-4-7-11-14-15/h14H,2-12H2,1H3. The van der Waals surface area contributed by atoms with Gasteiger partial charge in [-0.15, -0.1) is 0 Å². The summed E-state index contributed by atoms with van der Waals surface area (Å²) in [5.74, 6) is 0. The van der Waals surface area contributed by atoms with E-state index in [0.29, 0.717) is 5.54 Å². The molecule has 0 aromatic carbocycles. The Kier molecular flexibility index (Phi) is 4.04. The second kappa shape index (κ2) is 5.31. The fourth-order valence-electron chi connectivity index (χ4n) is 3.09. The van der Waals surface area contributed by atoms with Crippen molar-refractivity contribution in [3.63, 3.8) is 0 Å². The van der Waals surface area contributed by atoms with Crippen molar-refractivity contribution in [2.24, 2.45) is 0 Å². The van der Waals surface area contributed by atoms with Gasteiger partial charge in [0.2, 0.25) is 0 Å². The number of hydrazine groups is 1. The van der Waals surface area contributed by atoms with Crippen molar-refractivity contribution in [1.29, 1.82) is 0 Å². The zero-order valence-corrected chi connectivity index (χ0v) is 10.2. The predicted octanol–water partition coefficient (Wildman–Crippen LogP) is 3.09. The molecule has 2 heteroatoms. The third kappa shape index (κ3) is 2.94. The minimum absolute atomic E-state index is 0.445. The van der Waals surface area contributed by atoms with Gasteiger partial charge in [0.05, 0.1) is 0 Å². The van der Waals surface area contributed by atoms with Gasteiger partial charge in [-0.1, -0.05) is 32.1 Å². The Morgan fingerprint density at radius 3 is 2.27 bits per heavy atom. The van der Waals surface area contributed by atoms with Gasteiger partial charge in [0.1, 0.15) is 0 Å². The Hall–Kier alpha value is -0.0800. The third-order valence-corrected chi connectivity index (χ3v) is 4.19. The molecule has 0 amide bonds. The fraction of sp³-hybridized carbons (Fsp3) is 1.00. The number of hydrogen-bond donors (Lipinski definition) is 1. The van der Waals surface area contributed by atoms with Crippen LogP contribution in [-0.2, 0) is 0 Å². The van der Waals surface area contributed by atoms with E-state index in [2.05, 4.69) is 17.4 Å². The summed E-state index contributed by atoms with van der Waals surface area (Å²) in [5, 5.41) is 2.57. The van der Waals surface area contributed by atoms with Gasteiger partial charge in [-0.05, 0) is 32.6 Å². The molecule has 0 atom stereocenters. The highest BCUT2D eigenvalue weighted by Crippen LogP contribution is 2.31.